The maximum atomic E-state index is 3.53. The minimum Gasteiger partial charge on any atom is -0.316 e. The van der Waals surface area contributed by atoms with Crippen LogP contribution in [0.3, 0.4) is 0 Å². The fourth-order valence-electron chi connectivity index (χ4n) is 2.67. The summed E-state index contributed by atoms with van der Waals surface area (Å²) in [7, 11) is 0. The average Bonchev–Trinajstić information content (AvgIpc) is 2.05. The summed E-state index contributed by atoms with van der Waals surface area (Å²) in [4.78, 5) is 0. The third-order valence-corrected chi connectivity index (χ3v) is 4.16. The molecule has 2 rings (SSSR count). The molecule has 0 amide bonds. The molecule has 2 atom stereocenters. The van der Waals surface area contributed by atoms with Crippen molar-refractivity contribution in [3.63, 3.8) is 0 Å². The van der Waals surface area contributed by atoms with Gasteiger partial charge in [0.15, 0.2) is 0 Å². The minimum absolute atomic E-state index is 0.973. The molecule has 1 aliphatic carbocycles. The average molecular weight is 181 g/mol. The molecule has 2 unspecified atom stereocenters. The van der Waals surface area contributed by atoms with Crippen molar-refractivity contribution in [3.8, 4) is 0 Å². The van der Waals surface area contributed by atoms with E-state index in [9.17, 15) is 0 Å². The Balaban J connectivity index is 1.66. The van der Waals surface area contributed by atoms with Crippen LogP contribution in [0.5, 0.6) is 0 Å². The third kappa shape index (κ3) is 2.46. The van der Waals surface area contributed by atoms with E-state index in [4.69, 9.17) is 0 Å². The Labute approximate surface area is 82.3 Å². The van der Waals surface area contributed by atoms with Crippen LogP contribution < -0.4 is 5.32 Å². The molecule has 0 radical (unpaired) electrons. The van der Waals surface area contributed by atoms with Gasteiger partial charge in [0.1, 0.15) is 0 Å². The van der Waals surface area contributed by atoms with Crippen molar-refractivity contribution in [2.45, 2.75) is 45.4 Å². The molecule has 1 nitrogen and oxygen atoms in total. The lowest BCUT2D eigenvalue weighted by Crippen LogP contribution is -2.35. The highest BCUT2D eigenvalue weighted by molar-refractivity contribution is 4.78. The molecule has 0 spiro atoms. The number of piperidine rings is 1. The van der Waals surface area contributed by atoms with Crippen molar-refractivity contribution >= 4 is 0 Å². The van der Waals surface area contributed by atoms with E-state index >= 15 is 0 Å². The van der Waals surface area contributed by atoms with Gasteiger partial charge in [-0.15, -0.1) is 0 Å². The third-order valence-electron chi connectivity index (χ3n) is 4.16. The molecule has 2 aliphatic rings. The van der Waals surface area contributed by atoms with Gasteiger partial charge in [0, 0.05) is 0 Å². The summed E-state index contributed by atoms with van der Waals surface area (Å²) in [5.74, 6) is 3.06. The molecule has 1 heterocycles. The van der Waals surface area contributed by atoms with Gasteiger partial charge in [0.05, 0.1) is 0 Å². The summed E-state index contributed by atoms with van der Waals surface area (Å²) in [5, 5.41) is 3.53. The normalized spacial score (nSPS) is 35.8. The molecule has 0 bridgehead atoms. The van der Waals surface area contributed by atoms with Crippen LogP contribution in [0.25, 0.3) is 0 Å². The quantitative estimate of drug-likeness (QED) is 0.706. The maximum Gasteiger partial charge on any atom is -0.00180 e. The summed E-state index contributed by atoms with van der Waals surface area (Å²) in [6, 6.07) is 0. The summed E-state index contributed by atoms with van der Waals surface area (Å²) in [6.45, 7) is 4.97. The lowest BCUT2D eigenvalue weighted by molar-refractivity contribution is 0.212. The highest BCUT2D eigenvalue weighted by atomic mass is 14.9. The second kappa shape index (κ2) is 4.45. The molecule has 0 aromatic heterocycles. The van der Waals surface area contributed by atoms with Gasteiger partial charge in [0.2, 0.25) is 0 Å². The predicted molar refractivity (Wildman–Crippen MR) is 56.7 cm³/mol. The zero-order valence-corrected chi connectivity index (χ0v) is 8.89. The van der Waals surface area contributed by atoms with Gasteiger partial charge in [-0.2, -0.15) is 0 Å². The van der Waals surface area contributed by atoms with Gasteiger partial charge in [-0.1, -0.05) is 32.6 Å². The number of hydrogen-bond donors (Lipinski definition) is 1. The van der Waals surface area contributed by atoms with Gasteiger partial charge in [0.25, 0.3) is 0 Å². The lowest BCUT2D eigenvalue weighted by atomic mass is 9.77. The van der Waals surface area contributed by atoms with E-state index in [1.54, 1.807) is 0 Å². The molecule has 0 aromatic carbocycles. The fraction of sp³-hybridized carbons (Fsp3) is 1.00. The van der Waals surface area contributed by atoms with Crippen molar-refractivity contribution < 1.29 is 0 Å². The Kier molecular flexibility index (Phi) is 3.26. The second-order valence-corrected chi connectivity index (χ2v) is 5.10. The van der Waals surface area contributed by atoms with E-state index < -0.39 is 0 Å². The highest BCUT2D eigenvalue weighted by Crippen LogP contribution is 2.33. The summed E-state index contributed by atoms with van der Waals surface area (Å²) in [6.07, 6.45) is 8.94. The largest absolute Gasteiger partial charge is 0.316 e. The Morgan fingerprint density at radius 3 is 2.62 bits per heavy atom. The van der Waals surface area contributed by atoms with Crippen molar-refractivity contribution in [2.75, 3.05) is 13.1 Å². The van der Waals surface area contributed by atoms with Gasteiger partial charge in [-0.25, -0.2) is 0 Å². The number of hydrogen-bond acceptors (Lipinski definition) is 1. The zero-order valence-electron chi connectivity index (χ0n) is 8.89. The Bertz CT molecular complexity index is 151. The number of rotatable bonds is 3. The summed E-state index contributed by atoms with van der Waals surface area (Å²) < 4.78 is 0. The van der Waals surface area contributed by atoms with Gasteiger partial charge in [-0.05, 0) is 43.7 Å². The topological polar surface area (TPSA) is 12.0 Å². The van der Waals surface area contributed by atoms with Crippen molar-refractivity contribution in [2.24, 2.45) is 17.8 Å². The van der Waals surface area contributed by atoms with Crippen LogP contribution in [-0.4, -0.2) is 13.1 Å². The van der Waals surface area contributed by atoms with Crippen LogP contribution in [0.4, 0.5) is 0 Å². The number of nitrogens with one attached hydrogen (secondary N) is 1. The molecule has 1 saturated heterocycles. The molecule has 13 heavy (non-hydrogen) atoms. The minimum atomic E-state index is 0.973. The summed E-state index contributed by atoms with van der Waals surface area (Å²) >= 11 is 0. The standard InChI is InChI=1S/C12H23N/c1-10-7-8-13-9-12(10)6-5-11-3-2-4-11/h10-13H,2-9H2,1H3. The molecular weight excluding hydrogens is 158 g/mol. The first kappa shape index (κ1) is 9.51. The lowest BCUT2D eigenvalue weighted by Gasteiger charge is -2.32. The van der Waals surface area contributed by atoms with Crippen LogP contribution in [-0.2, 0) is 0 Å². The first-order chi connectivity index (χ1) is 6.36. The molecule has 1 aliphatic heterocycles. The van der Waals surface area contributed by atoms with Crippen LogP contribution in [0, 0.1) is 17.8 Å². The first-order valence-electron chi connectivity index (χ1n) is 6.07. The molecule has 1 saturated carbocycles. The maximum absolute atomic E-state index is 3.53. The van der Waals surface area contributed by atoms with Gasteiger partial charge < -0.3 is 5.32 Å². The van der Waals surface area contributed by atoms with Gasteiger partial charge >= 0.3 is 0 Å². The molecule has 76 valence electrons. The van der Waals surface area contributed by atoms with Crippen LogP contribution in [0.15, 0.2) is 0 Å². The molecule has 1 N–H and O–H groups in total. The summed E-state index contributed by atoms with van der Waals surface area (Å²) in [5.41, 5.74) is 0. The second-order valence-electron chi connectivity index (χ2n) is 5.10. The molecule has 2 fully saturated rings. The Hall–Kier alpha value is -0.0400. The van der Waals surface area contributed by atoms with E-state index in [0.717, 1.165) is 17.8 Å². The van der Waals surface area contributed by atoms with Crippen molar-refractivity contribution in [1.29, 1.82) is 0 Å². The van der Waals surface area contributed by atoms with Crippen LogP contribution >= 0.6 is 0 Å². The monoisotopic (exact) mass is 181 g/mol. The van der Waals surface area contributed by atoms with E-state index in [1.165, 1.54) is 51.6 Å². The SMILES string of the molecule is CC1CCNCC1CCC1CCC1. The van der Waals surface area contributed by atoms with Gasteiger partial charge in [-0.3, -0.25) is 0 Å². The first-order valence-corrected chi connectivity index (χ1v) is 6.07. The van der Waals surface area contributed by atoms with E-state index in [2.05, 4.69) is 12.2 Å². The predicted octanol–water partition coefficient (Wildman–Crippen LogP) is 2.81. The van der Waals surface area contributed by atoms with Crippen molar-refractivity contribution in [3.05, 3.63) is 0 Å². The molecular formula is C12H23N. The highest BCUT2D eigenvalue weighted by Gasteiger charge is 2.23. The molecule has 1 heteroatoms. The fourth-order valence-corrected chi connectivity index (χ4v) is 2.67. The zero-order chi connectivity index (χ0) is 9.10. The van der Waals surface area contributed by atoms with E-state index in [1.807, 2.05) is 0 Å². The van der Waals surface area contributed by atoms with E-state index in [-0.39, 0.29) is 0 Å². The van der Waals surface area contributed by atoms with E-state index in [0.29, 0.717) is 0 Å². The smallest absolute Gasteiger partial charge is 0.00180 e. The Morgan fingerprint density at radius 1 is 1.15 bits per heavy atom. The van der Waals surface area contributed by atoms with Crippen LogP contribution in [0.1, 0.15) is 45.4 Å². The molecule has 0 aromatic rings. The Morgan fingerprint density at radius 2 is 2.00 bits per heavy atom. The van der Waals surface area contributed by atoms with Crippen molar-refractivity contribution in [1.82, 2.24) is 5.32 Å². The van der Waals surface area contributed by atoms with Crippen LogP contribution in [0.2, 0.25) is 0 Å².